The molecule has 0 spiro atoms. The zero-order valence-corrected chi connectivity index (χ0v) is 19.9. The number of ketones is 2. The van der Waals surface area contributed by atoms with Crippen LogP contribution in [0.2, 0.25) is 0 Å². The second kappa shape index (κ2) is 11.3. The summed E-state index contributed by atoms with van der Waals surface area (Å²) >= 11 is 0. The van der Waals surface area contributed by atoms with Gasteiger partial charge >= 0.3 is 0 Å². The summed E-state index contributed by atoms with van der Waals surface area (Å²) in [6, 6.07) is 21.1. The first-order valence-corrected chi connectivity index (χ1v) is 11.1. The van der Waals surface area contributed by atoms with Crippen molar-refractivity contribution in [2.24, 2.45) is 5.92 Å². The van der Waals surface area contributed by atoms with Crippen LogP contribution in [0.4, 0.5) is 0 Å². The number of phenolic OH excluding ortho intramolecular Hbond substituents is 2. The monoisotopic (exact) mass is 492 g/mol. The predicted molar refractivity (Wildman–Crippen MR) is 132 cm³/mol. The zero-order chi connectivity index (χ0) is 26.3. The van der Waals surface area contributed by atoms with Crippen LogP contribution in [0, 0.1) is 5.92 Å². The van der Waals surface area contributed by atoms with E-state index >= 15 is 0 Å². The van der Waals surface area contributed by atoms with Gasteiger partial charge in [-0.05, 0) is 18.2 Å². The summed E-state index contributed by atoms with van der Waals surface area (Å²) in [5.74, 6) is -5.41. The second-order valence-corrected chi connectivity index (χ2v) is 8.24. The highest BCUT2D eigenvalue weighted by atomic mass is 16.7. The first-order chi connectivity index (χ1) is 17.1. The van der Waals surface area contributed by atoms with Crippen molar-refractivity contribution in [3.05, 3.63) is 108 Å². The van der Waals surface area contributed by atoms with Crippen molar-refractivity contribution >= 4 is 11.6 Å². The minimum absolute atomic E-state index is 0.0675. The lowest BCUT2D eigenvalue weighted by molar-refractivity contribution is -0.269. The van der Waals surface area contributed by atoms with Crippen molar-refractivity contribution in [1.82, 2.24) is 0 Å². The van der Waals surface area contributed by atoms with Gasteiger partial charge < -0.3 is 29.9 Å². The van der Waals surface area contributed by atoms with E-state index in [2.05, 4.69) is 0 Å². The maximum atomic E-state index is 12.4. The van der Waals surface area contributed by atoms with Gasteiger partial charge in [0.15, 0.2) is 23.1 Å². The van der Waals surface area contributed by atoms with Crippen LogP contribution in [0.15, 0.2) is 91.0 Å². The van der Waals surface area contributed by atoms with Gasteiger partial charge in [-0.2, -0.15) is 0 Å². The summed E-state index contributed by atoms with van der Waals surface area (Å²) in [7, 11) is 2.81. The maximum Gasteiger partial charge on any atom is 0.196 e. The molecule has 3 aromatic rings. The van der Waals surface area contributed by atoms with Crippen molar-refractivity contribution in [3.63, 3.8) is 0 Å². The molecule has 1 unspecified atom stereocenters. The molecular weight excluding hydrogens is 464 g/mol. The highest BCUT2D eigenvalue weighted by Crippen LogP contribution is 2.37. The fourth-order valence-electron chi connectivity index (χ4n) is 3.83. The Hall–Kier alpha value is -3.82. The normalized spacial score (nSPS) is 17.5. The smallest absolute Gasteiger partial charge is 0.196 e. The third-order valence-corrected chi connectivity index (χ3v) is 5.84. The van der Waals surface area contributed by atoms with Crippen LogP contribution in [0.5, 0.6) is 11.5 Å². The highest BCUT2D eigenvalue weighted by Gasteiger charge is 2.49. The molecule has 0 aromatic heterocycles. The van der Waals surface area contributed by atoms with Crippen LogP contribution in [-0.2, 0) is 9.47 Å². The molecule has 0 heterocycles. The van der Waals surface area contributed by atoms with Gasteiger partial charge in [0.25, 0.3) is 0 Å². The van der Waals surface area contributed by atoms with E-state index in [-0.39, 0.29) is 35.0 Å². The van der Waals surface area contributed by atoms with Crippen LogP contribution < -0.4 is 0 Å². The number of carbonyl (C=O) groups excluding carboxylic acids is 2. The van der Waals surface area contributed by atoms with Gasteiger partial charge in [-0.1, -0.05) is 66.7 Å². The second-order valence-electron chi connectivity index (χ2n) is 8.24. The van der Waals surface area contributed by atoms with Crippen molar-refractivity contribution in [2.75, 3.05) is 14.2 Å². The molecule has 3 aromatic carbocycles. The number of hydrogen-bond acceptors (Lipinski definition) is 8. The Balaban J connectivity index is 0.000000205. The number of aromatic hydroxyl groups is 2. The Kier molecular flexibility index (Phi) is 8.39. The van der Waals surface area contributed by atoms with E-state index in [4.69, 9.17) is 14.6 Å². The van der Waals surface area contributed by atoms with Crippen LogP contribution in [0.3, 0.4) is 0 Å². The molecule has 0 fully saturated rings. The maximum absolute atomic E-state index is 12.4. The van der Waals surface area contributed by atoms with Gasteiger partial charge in [0, 0.05) is 31.4 Å². The van der Waals surface area contributed by atoms with Gasteiger partial charge in [0.05, 0.1) is 17.9 Å². The molecule has 1 atom stereocenters. The summed E-state index contributed by atoms with van der Waals surface area (Å²) in [6.45, 7) is 0. The van der Waals surface area contributed by atoms with Crippen LogP contribution >= 0.6 is 0 Å². The number of benzene rings is 3. The number of methoxy groups -OCH3 is 2. The third-order valence-electron chi connectivity index (χ3n) is 5.84. The quantitative estimate of drug-likeness (QED) is 0.234. The number of phenols is 2. The number of rotatable bonds is 6. The lowest BCUT2D eigenvalue weighted by atomic mass is 9.81. The number of Topliss-reactive ketones (excluding diaryl/α,β-unsaturated/α-hetero) is 1. The third kappa shape index (κ3) is 6.05. The molecule has 0 radical (unpaired) electrons. The molecule has 36 heavy (non-hydrogen) atoms. The summed E-state index contributed by atoms with van der Waals surface area (Å²) < 4.78 is 10.3. The number of ether oxygens (including phenoxy) is 2. The van der Waals surface area contributed by atoms with E-state index < -0.39 is 17.5 Å². The van der Waals surface area contributed by atoms with Gasteiger partial charge in [-0.25, -0.2) is 0 Å². The molecule has 0 amide bonds. The minimum atomic E-state index is -2.23. The van der Waals surface area contributed by atoms with Gasteiger partial charge in [0.2, 0.25) is 0 Å². The molecule has 0 aliphatic heterocycles. The highest BCUT2D eigenvalue weighted by molar-refractivity contribution is 6.10. The van der Waals surface area contributed by atoms with E-state index in [0.717, 1.165) is 6.07 Å². The molecule has 0 saturated carbocycles. The molecule has 0 saturated heterocycles. The Morgan fingerprint density at radius 3 is 1.89 bits per heavy atom. The molecular formula is C28H28O8. The Morgan fingerprint density at radius 2 is 1.39 bits per heavy atom. The molecule has 4 N–H and O–H groups in total. The van der Waals surface area contributed by atoms with Crippen molar-refractivity contribution in [1.29, 1.82) is 0 Å². The molecule has 188 valence electrons. The average Bonchev–Trinajstić information content (AvgIpc) is 2.89. The molecule has 1 aliphatic rings. The molecule has 1 aliphatic carbocycles. The largest absolute Gasteiger partial charge is 0.508 e. The lowest BCUT2D eigenvalue weighted by Gasteiger charge is -2.40. The number of aliphatic hydroxyl groups is 2. The average molecular weight is 493 g/mol. The number of carbonyl (C=O) groups is 2. The molecule has 4 rings (SSSR count). The first kappa shape index (κ1) is 26.8. The van der Waals surface area contributed by atoms with Crippen molar-refractivity contribution in [2.45, 2.75) is 18.0 Å². The number of hydrogen-bond donors (Lipinski definition) is 4. The first-order valence-electron chi connectivity index (χ1n) is 11.1. The van der Waals surface area contributed by atoms with E-state index in [1.165, 1.54) is 32.4 Å². The van der Waals surface area contributed by atoms with Gasteiger partial charge in [0.1, 0.15) is 11.5 Å². The van der Waals surface area contributed by atoms with E-state index in [9.17, 15) is 24.9 Å². The van der Waals surface area contributed by atoms with E-state index in [1.807, 2.05) is 6.07 Å². The Morgan fingerprint density at radius 1 is 0.833 bits per heavy atom. The van der Waals surface area contributed by atoms with Crippen molar-refractivity contribution in [3.8, 4) is 11.5 Å². The standard InChI is InChI=1S/C15H18O5.C13H10O3/c1-19-14(20-2)9-8-12(15(17,18)10-14)13(16)11-6-4-3-5-7-11;14-10-6-7-11(12(15)8-10)13(16)9-4-2-1-3-5-9/h3-9,12,17-18H,10H2,1-2H3;1-8,14-15H. The van der Waals surface area contributed by atoms with Gasteiger partial charge in [-0.3, -0.25) is 9.59 Å². The van der Waals surface area contributed by atoms with E-state index in [0.29, 0.717) is 11.1 Å². The SMILES string of the molecule is COC1(OC)C=CC(C(=O)c2ccccc2)C(O)(O)C1.O=C(c1ccccc1)c1ccc(O)cc1O. The van der Waals surface area contributed by atoms with Crippen LogP contribution in [0.1, 0.15) is 32.7 Å². The van der Waals surface area contributed by atoms with Crippen LogP contribution in [-0.4, -0.2) is 57.8 Å². The Labute approximate surface area is 208 Å². The molecule has 8 heteroatoms. The van der Waals surface area contributed by atoms with Crippen molar-refractivity contribution < 1.29 is 39.5 Å². The summed E-state index contributed by atoms with van der Waals surface area (Å²) in [5.41, 5.74) is 1.12. The fourth-order valence-corrected chi connectivity index (χ4v) is 3.83. The minimum Gasteiger partial charge on any atom is -0.508 e. The summed E-state index contributed by atoms with van der Waals surface area (Å²) in [6.07, 6.45) is 2.72. The predicted octanol–water partition coefficient (Wildman–Crippen LogP) is 3.44. The topological polar surface area (TPSA) is 134 Å². The fraction of sp³-hybridized carbons (Fsp3) is 0.214. The lowest BCUT2D eigenvalue weighted by Crippen LogP contribution is -2.52. The van der Waals surface area contributed by atoms with Crippen LogP contribution in [0.25, 0.3) is 0 Å². The molecule has 0 bridgehead atoms. The zero-order valence-electron chi connectivity index (χ0n) is 19.9. The Bertz CT molecular complexity index is 1210. The van der Waals surface area contributed by atoms with Gasteiger partial charge in [-0.15, -0.1) is 0 Å². The summed E-state index contributed by atoms with van der Waals surface area (Å²) in [5, 5.41) is 39.0. The van der Waals surface area contributed by atoms with E-state index in [1.54, 1.807) is 60.7 Å². The summed E-state index contributed by atoms with van der Waals surface area (Å²) in [4.78, 5) is 24.3. The molecule has 8 nitrogen and oxygen atoms in total.